The van der Waals surface area contributed by atoms with Crippen molar-refractivity contribution in [2.24, 2.45) is 0 Å². The Bertz CT molecular complexity index is 619. The number of unbranched alkanes of at least 4 members (excludes halogenated alkanes) is 14. The first-order valence-corrected chi connectivity index (χ1v) is 12.3. The predicted octanol–water partition coefficient (Wildman–Crippen LogP) is 7.95. The van der Waals surface area contributed by atoms with Gasteiger partial charge in [0.2, 0.25) is 0 Å². The Morgan fingerprint density at radius 3 is 1.65 bits per heavy atom. The van der Waals surface area contributed by atoms with E-state index in [1.54, 1.807) is 24.3 Å². The third-order valence-corrected chi connectivity index (χ3v) is 5.51. The number of benzene rings is 1. The Kier molecular flexibility index (Phi) is 16.2. The molecule has 0 saturated carbocycles. The summed E-state index contributed by atoms with van der Waals surface area (Å²) in [6.45, 7) is 2.27. The molecule has 0 aliphatic rings. The van der Waals surface area contributed by atoms with Gasteiger partial charge in [-0.15, -0.1) is 0 Å². The fraction of sp³-hybridized carbons (Fsp3) is 0.630. The zero-order valence-electron chi connectivity index (χ0n) is 19.4. The van der Waals surface area contributed by atoms with Gasteiger partial charge in [-0.1, -0.05) is 109 Å². The summed E-state index contributed by atoms with van der Waals surface area (Å²) < 4.78 is 5.33. The molecule has 0 amide bonds. The Morgan fingerprint density at radius 1 is 0.742 bits per heavy atom. The van der Waals surface area contributed by atoms with Crippen LogP contribution in [0.3, 0.4) is 0 Å². The molecule has 0 aliphatic carbocycles. The van der Waals surface area contributed by atoms with E-state index in [1.165, 1.54) is 89.5 Å². The number of carboxylic acids is 1. The summed E-state index contributed by atoms with van der Waals surface area (Å²) in [7, 11) is 0. The molecular weight excluding hydrogens is 388 g/mol. The van der Waals surface area contributed by atoms with Crippen LogP contribution in [-0.4, -0.2) is 17.0 Å². The highest BCUT2D eigenvalue weighted by Crippen LogP contribution is 2.16. The first-order valence-electron chi connectivity index (χ1n) is 12.3. The predicted molar refractivity (Wildman–Crippen MR) is 128 cm³/mol. The average molecular weight is 431 g/mol. The number of carbonyl (C=O) groups is 2. The van der Waals surface area contributed by atoms with Gasteiger partial charge in [0.1, 0.15) is 5.75 Å². The summed E-state index contributed by atoms with van der Waals surface area (Å²) in [4.78, 5) is 22.4. The molecule has 0 atom stereocenters. The lowest BCUT2D eigenvalue weighted by Crippen LogP contribution is -2.07. The summed E-state index contributed by atoms with van der Waals surface area (Å²) in [5.74, 6) is -0.694. The summed E-state index contributed by atoms with van der Waals surface area (Å²) in [6.07, 6.45) is 22.6. The van der Waals surface area contributed by atoms with E-state index in [1.807, 2.05) is 0 Å². The maximum absolute atomic E-state index is 11.9. The van der Waals surface area contributed by atoms with E-state index < -0.39 is 5.97 Å². The standard InChI is InChI=1S/C27H42O4/c1-2-3-4-5-6-7-8-9-10-11-12-13-14-15-16-17-27(30)31-25-21-18-24(19-22-25)20-23-26(28)29/h18-23H,2-17H2,1H3,(H,28,29). The van der Waals surface area contributed by atoms with Crippen LogP contribution in [0.5, 0.6) is 5.75 Å². The average Bonchev–Trinajstić information content (AvgIpc) is 2.76. The van der Waals surface area contributed by atoms with Crippen molar-refractivity contribution in [3.05, 3.63) is 35.9 Å². The van der Waals surface area contributed by atoms with Gasteiger partial charge in [0.15, 0.2) is 0 Å². The maximum atomic E-state index is 11.9. The van der Waals surface area contributed by atoms with Gasteiger partial charge in [-0.3, -0.25) is 4.79 Å². The second kappa shape index (κ2) is 18.7. The highest BCUT2D eigenvalue weighted by molar-refractivity contribution is 5.85. The van der Waals surface area contributed by atoms with Gasteiger partial charge in [0, 0.05) is 12.5 Å². The molecule has 0 aliphatic heterocycles. The SMILES string of the molecule is CCCCCCCCCCCCCCCCCC(=O)Oc1ccc(C=CC(=O)O)cc1. The molecule has 0 bridgehead atoms. The van der Waals surface area contributed by atoms with Gasteiger partial charge in [-0.05, 0) is 30.2 Å². The van der Waals surface area contributed by atoms with Crippen LogP contribution in [0.1, 0.15) is 115 Å². The van der Waals surface area contributed by atoms with Crippen LogP contribution in [0.2, 0.25) is 0 Å². The Labute approximate surface area is 189 Å². The van der Waals surface area contributed by atoms with Gasteiger partial charge < -0.3 is 9.84 Å². The maximum Gasteiger partial charge on any atom is 0.328 e. The molecule has 0 saturated heterocycles. The van der Waals surface area contributed by atoms with Crippen LogP contribution in [0.4, 0.5) is 0 Å². The second-order valence-electron chi connectivity index (χ2n) is 8.41. The molecule has 31 heavy (non-hydrogen) atoms. The van der Waals surface area contributed by atoms with E-state index in [0.29, 0.717) is 12.2 Å². The van der Waals surface area contributed by atoms with Crippen molar-refractivity contribution in [2.75, 3.05) is 0 Å². The van der Waals surface area contributed by atoms with E-state index in [0.717, 1.165) is 24.5 Å². The van der Waals surface area contributed by atoms with Crippen LogP contribution >= 0.6 is 0 Å². The lowest BCUT2D eigenvalue weighted by molar-refractivity contribution is -0.134. The Hall–Kier alpha value is -2.10. The molecular formula is C27H42O4. The lowest BCUT2D eigenvalue weighted by atomic mass is 10.0. The summed E-state index contributed by atoms with van der Waals surface area (Å²) in [5.41, 5.74) is 0.754. The van der Waals surface area contributed by atoms with Crippen LogP contribution in [0.25, 0.3) is 6.08 Å². The third-order valence-electron chi connectivity index (χ3n) is 5.51. The number of aliphatic carboxylic acids is 1. The number of ether oxygens (including phenoxy) is 1. The number of hydrogen-bond donors (Lipinski definition) is 1. The Balaban J connectivity index is 1.93. The molecule has 1 N–H and O–H groups in total. The van der Waals surface area contributed by atoms with Crippen molar-refractivity contribution in [2.45, 2.75) is 110 Å². The van der Waals surface area contributed by atoms with Gasteiger partial charge in [-0.2, -0.15) is 0 Å². The van der Waals surface area contributed by atoms with Crippen molar-refractivity contribution >= 4 is 18.0 Å². The minimum Gasteiger partial charge on any atom is -0.478 e. The van der Waals surface area contributed by atoms with Gasteiger partial charge in [0.25, 0.3) is 0 Å². The van der Waals surface area contributed by atoms with E-state index >= 15 is 0 Å². The van der Waals surface area contributed by atoms with Gasteiger partial charge in [0.05, 0.1) is 0 Å². The van der Waals surface area contributed by atoms with Crippen molar-refractivity contribution in [3.8, 4) is 5.75 Å². The zero-order chi connectivity index (χ0) is 22.6. The van der Waals surface area contributed by atoms with Crippen LogP contribution in [-0.2, 0) is 9.59 Å². The monoisotopic (exact) mass is 430 g/mol. The minimum absolute atomic E-state index is 0.205. The van der Waals surface area contributed by atoms with Crippen molar-refractivity contribution in [1.29, 1.82) is 0 Å². The molecule has 1 aromatic carbocycles. The molecule has 0 spiro atoms. The first kappa shape index (κ1) is 26.9. The highest BCUT2D eigenvalue weighted by atomic mass is 16.5. The van der Waals surface area contributed by atoms with E-state index in [-0.39, 0.29) is 5.97 Å². The fourth-order valence-corrected chi connectivity index (χ4v) is 3.64. The number of esters is 1. The second-order valence-corrected chi connectivity index (χ2v) is 8.41. The summed E-state index contributed by atoms with van der Waals surface area (Å²) >= 11 is 0. The van der Waals surface area contributed by atoms with E-state index in [2.05, 4.69) is 6.92 Å². The van der Waals surface area contributed by atoms with Crippen molar-refractivity contribution < 1.29 is 19.4 Å². The van der Waals surface area contributed by atoms with Gasteiger partial charge in [-0.25, -0.2) is 4.79 Å². The molecule has 1 rings (SSSR count). The molecule has 0 aromatic heterocycles. The van der Waals surface area contributed by atoms with Crippen LogP contribution in [0.15, 0.2) is 30.3 Å². The summed E-state index contributed by atoms with van der Waals surface area (Å²) in [6, 6.07) is 6.84. The topological polar surface area (TPSA) is 63.6 Å². The third kappa shape index (κ3) is 16.3. The number of rotatable bonds is 19. The highest BCUT2D eigenvalue weighted by Gasteiger charge is 2.04. The molecule has 1 aromatic rings. The number of hydrogen-bond acceptors (Lipinski definition) is 3. The van der Waals surface area contributed by atoms with Crippen LogP contribution < -0.4 is 4.74 Å². The molecule has 0 radical (unpaired) electrons. The van der Waals surface area contributed by atoms with E-state index in [4.69, 9.17) is 9.84 Å². The van der Waals surface area contributed by atoms with E-state index in [9.17, 15) is 9.59 Å². The molecule has 174 valence electrons. The normalized spacial score (nSPS) is 11.1. The molecule has 4 heteroatoms. The number of carbonyl (C=O) groups excluding carboxylic acids is 1. The lowest BCUT2D eigenvalue weighted by Gasteiger charge is -2.05. The summed E-state index contributed by atoms with van der Waals surface area (Å²) in [5, 5.41) is 8.62. The minimum atomic E-state index is -0.987. The van der Waals surface area contributed by atoms with Crippen molar-refractivity contribution in [3.63, 3.8) is 0 Å². The molecule has 0 heterocycles. The fourth-order valence-electron chi connectivity index (χ4n) is 3.64. The molecule has 4 nitrogen and oxygen atoms in total. The molecule has 0 fully saturated rings. The van der Waals surface area contributed by atoms with Crippen molar-refractivity contribution in [1.82, 2.24) is 0 Å². The quantitative estimate of drug-likeness (QED) is 0.105. The van der Waals surface area contributed by atoms with Crippen LogP contribution in [0, 0.1) is 0 Å². The van der Waals surface area contributed by atoms with Gasteiger partial charge >= 0.3 is 11.9 Å². The first-order chi connectivity index (χ1) is 15.1. The smallest absolute Gasteiger partial charge is 0.328 e. The largest absolute Gasteiger partial charge is 0.478 e. The Morgan fingerprint density at radius 2 is 1.19 bits per heavy atom. The molecule has 0 unspecified atom stereocenters. The number of carboxylic acid groups (broad SMARTS) is 1. The zero-order valence-corrected chi connectivity index (χ0v) is 19.4.